The van der Waals surface area contributed by atoms with Crippen molar-refractivity contribution in [1.29, 1.82) is 0 Å². The van der Waals surface area contributed by atoms with Crippen molar-refractivity contribution >= 4 is 39.4 Å². The van der Waals surface area contributed by atoms with Crippen LogP contribution in [0.1, 0.15) is 19.3 Å². The van der Waals surface area contributed by atoms with Crippen LogP contribution in [0.5, 0.6) is 0 Å². The zero-order valence-corrected chi connectivity index (χ0v) is 15.6. The lowest BCUT2D eigenvalue weighted by Gasteiger charge is -2.15. The third kappa shape index (κ3) is 8.12. The van der Waals surface area contributed by atoms with E-state index in [1.807, 2.05) is 12.3 Å². The van der Waals surface area contributed by atoms with Crippen LogP contribution in [0.25, 0.3) is 0 Å². The van der Waals surface area contributed by atoms with Gasteiger partial charge in [-0.2, -0.15) is 18.3 Å². The summed E-state index contributed by atoms with van der Waals surface area (Å²) in [6, 6.07) is 1.82. The van der Waals surface area contributed by atoms with Crippen molar-refractivity contribution < 1.29 is 37.8 Å². The quantitative estimate of drug-likeness (QED) is 0.402. The smallest absolute Gasteiger partial charge is 0.481 e. The number of nitrogens with one attached hydrogen (secondary N) is 1. The molecule has 1 aliphatic carbocycles. The highest BCUT2D eigenvalue weighted by atomic mass is 33.1. The first-order valence-corrected chi connectivity index (χ1v) is 10.1. The van der Waals surface area contributed by atoms with Gasteiger partial charge in [-0.25, -0.2) is 4.79 Å². The number of rotatable bonds is 9. The van der Waals surface area contributed by atoms with E-state index < -0.39 is 23.7 Å². The number of aromatic nitrogens is 2. The first-order valence-electron chi connectivity index (χ1n) is 7.64. The van der Waals surface area contributed by atoms with Crippen molar-refractivity contribution in [3.05, 3.63) is 18.5 Å². The normalized spacial score (nSPS) is 14.6. The van der Waals surface area contributed by atoms with Crippen LogP contribution in [0.4, 0.5) is 13.2 Å². The average molecular weight is 429 g/mol. The highest BCUT2D eigenvalue weighted by Crippen LogP contribution is 2.43. The first kappa shape index (κ1) is 23.1. The second-order valence-electron chi connectivity index (χ2n) is 5.33. The number of halogens is 3. The molecule has 13 heteroatoms. The topological polar surface area (TPSA) is 122 Å². The Labute approximate surface area is 160 Å². The minimum absolute atomic E-state index is 0.0253. The van der Waals surface area contributed by atoms with Crippen LogP contribution in [-0.2, 0) is 19.9 Å². The van der Waals surface area contributed by atoms with E-state index in [0.29, 0.717) is 12.3 Å². The zero-order chi connectivity index (χ0) is 20.5. The number of carboxylic acids is 2. The number of carbonyl (C=O) groups excluding carboxylic acids is 1. The highest BCUT2D eigenvalue weighted by Gasteiger charge is 2.52. The molecule has 0 unspecified atom stereocenters. The van der Waals surface area contributed by atoms with Crippen LogP contribution in [-0.4, -0.2) is 62.1 Å². The molecule has 3 N–H and O–H groups in total. The lowest BCUT2D eigenvalue weighted by molar-refractivity contribution is -0.192. The largest absolute Gasteiger partial charge is 0.490 e. The van der Waals surface area contributed by atoms with Gasteiger partial charge in [-0.15, -0.1) is 0 Å². The third-order valence-corrected chi connectivity index (χ3v) is 5.69. The van der Waals surface area contributed by atoms with Gasteiger partial charge in [0.25, 0.3) is 0 Å². The number of amides is 1. The molecule has 0 aliphatic heterocycles. The molecule has 27 heavy (non-hydrogen) atoms. The van der Waals surface area contributed by atoms with Crippen molar-refractivity contribution in [3.63, 3.8) is 0 Å². The molecule has 0 bridgehead atoms. The maximum Gasteiger partial charge on any atom is 0.490 e. The van der Waals surface area contributed by atoms with E-state index in [9.17, 15) is 22.8 Å². The standard InChI is InChI=1S/C12H17N3O3S2.C2HF3O2/c16-10(17)2-8-19-20-9-6-13-11(18)12(3-4-12)15-7-1-5-14-15;3-2(4,5)1(6)7/h1,5,7H,2-4,6,8-9H2,(H,13,18)(H,16,17);(H,6,7). The zero-order valence-electron chi connectivity index (χ0n) is 13.9. The van der Waals surface area contributed by atoms with Gasteiger partial charge in [-0.05, 0) is 18.9 Å². The Morgan fingerprint density at radius 2 is 1.78 bits per heavy atom. The van der Waals surface area contributed by atoms with Gasteiger partial charge in [0, 0.05) is 30.4 Å². The predicted molar refractivity (Wildman–Crippen MR) is 93.3 cm³/mol. The molecular formula is C14H18F3N3O5S2. The summed E-state index contributed by atoms with van der Waals surface area (Å²) >= 11 is 0. The summed E-state index contributed by atoms with van der Waals surface area (Å²) in [4.78, 5) is 31.4. The van der Waals surface area contributed by atoms with Crippen LogP contribution in [0.3, 0.4) is 0 Å². The van der Waals surface area contributed by atoms with Gasteiger partial charge in [-0.1, -0.05) is 21.6 Å². The Morgan fingerprint density at radius 3 is 2.22 bits per heavy atom. The van der Waals surface area contributed by atoms with E-state index in [4.69, 9.17) is 15.0 Å². The monoisotopic (exact) mass is 429 g/mol. The molecule has 1 aliphatic rings. The van der Waals surface area contributed by atoms with Crippen LogP contribution < -0.4 is 5.32 Å². The molecule has 0 aromatic carbocycles. The third-order valence-electron chi connectivity index (χ3n) is 3.29. The van der Waals surface area contributed by atoms with Gasteiger partial charge in [0.15, 0.2) is 0 Å². The number of alkyl halides is 3. The fraction of sp³-hybridized carbons (Fsp3) is 0.571. The summed E-state index contributed by atoms with van der Waals surface area (Å²) in [6.45, 7) is 0.590. The van der Waals surface area contributed by atoms with E-state index in [-0.39, 0.29) is 12.3 Å². The maximum absolute atomic E-state index is 12.1. The number of hydrogen-bond donors (Lipinski definition) is 3. The fourth-order valence-electron chi connectivity index (χ4n) is 1.82. The highest BCUT2D eigenvalue weighted by molar-refractivity contribution is 8.76. The van der Waals surface area contributed by atoms with Crippen LogP contribution in [0.15, 0.2) is 18.5 Å². The summed E-state index contributed by atoms with van der Waals surface area (Å²) in [5, 5.41) is 22.7. The van der Waals surface area contributed by atoms with E-state index in [1.165, 1.54) is 10.8 Å². The lowest BCUT2D eigenvalue weighted by atomic mass is 10.2. The van der Waals surface area contributed by atoms with E-state index >= 15 is 0 Å². The summed E-state index contributed by atoms with van der Waals surface area (Å²) in [5.41, 5.74) is -0.468. The number of nitrogens with zero attached hydrogens (tertiary/aromatic N) is 2. The molecule has 2 rings (SSSR count). The second-order valence-corrected chi connectivity index (χ2v) is 8.03. The second kappa shape index (κ2) is 10.4. The molecule has 1 aromatic heterocycles. The van der Waals surface area contributed by atoms with Crippen molar-refractivity contribution in [2.24, 2.45) is 0 Å². The summed E-state index contributed by atoms with van der Waals surface area (Å²) in [6.07, 6.45) is 0.264. The minimum atomic E-state index is -5.08. The molecule has 0 saturated heterocycles. The van der Waals surface area contributed by atoms with Crippen LogP contribution in [0.2, 0.25) is 0 Å². The fourth-order valence-corrected chi connectivity index (χ4v) is 3.70. The summed E-state index contributed by atoms with van der Waals surface area (Å²) < 4.78 is 33.5. The molecule has 1 aromatic rings. The van der Waals surface area contributed by atoms with E-state index in [0.717, 1.165) is 18.6 Å². The Hall–Kier alpha value is -1.89. The predicted octanol–water partition coefficient (Wildman–Crippen LogP) is 1.98. The molecule has 152 valence electrons. The van der Waals surface area contributed by atoms with Gasteiger partial charge >= 0.3 is 18.1 Å². The van der Waals surface area contributed by atoms with E-state index in [2.05, 4.69) is 10.4 Å². The summed E-state index contributed by atoms with van der Waals surface area (Å²) in [5.74, 6) is -2.15. The molecule has 8 nitrogen and oxygen atoms in total. The Morgan fingerprint density at radius 1 is 1.19 bits per heavy atom. The molecular weight excluding hydrogens is 411 g/mol. The molecule has 1 heterocycles. The minimum Gasteiger partial charge on any atom is -0.481 e. The van der Waals surface area contributed by atoms with Gasteiger partial charge < -0.3 is 15.5 Å². The number of aliphatic carboxylic acids is 2. The molecule has 0 atom stereocenters. The number of hydrogen-bond acceptors (Lipinski definition) is 6. The van der Waals surface area contributed by atoms with Gasteiger partial charge in [-0.3, -0.25) is 14.3 Å². The van der Waals surface area contributed by atoms with Crippen molar-refractivity contribution in [1.82, 2.24) is 15.1 Å². The van der Waals surface area contributed by atoms with Gasteiger partial charge in [0.05, 0.1) is 6.42 Å². The Bertz CT molecular complexity index is 636. The maximum atomic E-state index is 12.1. The molecule has 1 saturated carbocycles. The van der Waals surface area contributed by atoms with Crippen molar-refractivity contribution in [2.75, 3.05) is 18.1 Å². The van der Waals surface area contributed by atoms with E-state index in [1.54, 1.807) is 21.7 Å². The Balaban J connectivity index is 0.000000445. The molecule has 0 radical (unpaired) electrons. The van der Waals surface area contributed by atoms with Crippen LogP contribution in [0, 0.1) is 0 Å². The Kier molecular flexibility index (Phi) is 8.96. The SMILES string of the molecule is O=C(O)C(F)(F)F.O=C(O)CCSSCCNC(=O)C1(n2cccn2)CC1. The van der Waals surface area contributed by atoms with Crippen molar-refractivity contribution in [2.45, 2.75) is 31.0 Å². The lowest BCUT2D eigenvalue weighted by Crippen LogP contribution is -2.39. The number of carboxylic acid groups (broad SMARTS) is 2. The van der Waals surface area contributed by atoms with Gasteiger partial charge in [0.2, 0.25) is 5.91 Å². The summed E-state index contributed by atoms with van der Waals surface area (Å²) in [7, 11) is 3.10. The molecule has 1 amide bonds. The van der Waals surface area contributed by atoms with Crippen molar-refractivity contribution in [3.8, 4) is 0 Å². The molecule has 0 spiro atoms. The first-order chi connectivity index (χ1) is 12.6. The molecule has 1 fully saturated rings. The number of carbonyl (C=O) groups is 3. The average Bonchev–Trinajstić information content (AvgIpc) is 3.20. The van der Waals surface area contributed by atoms with Gasteiger partial charge in [0.1, 0.15) is 5.54 Å². The van der Waals surface area contributed by atoms with Crippen LogP contribution >= 0.6 is 21.6 Å².